The van der Waals surface area contributed by atoms with Crippen LogP contribution in [0.2, 0.25) is 0 Å². The molecule has 1 aromatic heterocycles. The number of benzene rings is 1. The first-order valence-electron chi connectivity index (χ1n) is 9.46. The highest BCUT2D eigenvalue weighted by atomic mass is 32.2. The molecule has 26 heavy (non-hydrogen) atoms. The van der Waals surface area contributed by atoms with Gasteiger partial charge in [-0.05, 0) is 38.2 Å². The summed E-state index contributed by atoms with van der Waals surface area (Å²) >= 11 is 1.46. The second-order valence-electron chi connectivity index (χ2n) is 7.19. The van der Waals surface area contributed by atoms with Crippen molar-refractivity contribution in [3.63, 3.8) is 0 Å². The average Bonchev–Trinajstić information content (AvgIpc) is 3.01. The lowest BCUT2D eigenvalue weighted by Crippen LogP contribution is -2.35. The second-order valence-corrected chi connectivity index (χ2v) is 8.50. The van der Waals surface area contributed by atoms with Crippen molar-refractivity contribution in [1.29, 1.82) is 0 Å². The summed E-state index contributed by atoms with van der Waals surface area (Å²) in [5.74, 6) is 1.56. The Balaban J connectivity index is 1.60. The minimum Gasteiger partial charge on any atom is -0.355 e. The van der Waals surface area contributed by atoms with Crippen LogP contribution in [0, 0.1) is 12.8 Å². The van der Waals surface area contributed by atoms with Crippen LogP contribution in [0.4, 0.5) is 0 Å². The van der Waals surface area contributed by atoms with E-state index in [0.717, 1.165) is 28.7 Å². The summed E-state index contributed by atoms with van der Waals surface area (Å²) in [6, 6.07) is 8.14. The summed E-state index contributed by atoms with van der Waals surface area (Å²) in [5.41, 5.74) is 2.24. The third-order valence-corrected chi connectivity index (χ3v) is 6.30. The lowest BCUT2D eigenvalue weighted by atomic mass is 9.89. The largest absolute Gasteiger partial charge is 0.355 e. The van der Waals surface area contributed by atoms with E-state index in [0.29, 0.717) is 5.92 Å². The molecular formula is C20H28N4OS. The molecule has 1 aliphatic carbocycles. The maximum Gasteiger partial charge on any atom is 0.233 e. The van der Waals surface area contributed by atoms with Crippen LogP contribution in [0.25, 0.3) is 11.4 Å². The molecular weight excluding hydrogens is 344 g/mol. The predicted molar refractivity (Wildman–Crippen MR) is 106 cm³/mol. The molecule has 1 N–H and O–H groups in total. The topological polar surface area (TPSA) is 59.8 Å². The van der Waals surface area contributed by atoms with E-state index in [4.69, 9.17) is 0 Å². The molecule has 6 heteroatoms. The zero-order valence-corrected chi connectivity index (χ0v) is 16.7. The van der Waals surface area contributed by atoms with Gasteiger partial charge in [-0.2, -0.15) is 0 Å². The Morgan fingerprint density at radius 3 is 2.73 bits per heavy atom. The number of nitrogens with one attached hydrogen (secondary N) is 1. The Morgan fingerprint density at radius 1 is 1.27 bits per heavy atom. The number of aryl methyl sites for hydroxylation is 1. The SMILES string of the molecule is Cc1ccccc1-c1nnc(S[C@H](C)C(=O)NCC2CCCCC2)n1C. The lowest BCUT2D eigenvalue weighted by Gasteiger charge is -2.22. The van der Waals surface area contributed by atoms with Crippen molar-refractivity contribution in [3.8, 4) is 11.4 Å². The van der Waals surface area contributed by atoms with E-state index in [9.17, 15) is 4.79 Å². The Hall–Kier alpha value is -1.82. The van der Waals surface area contributed by atoms with Gasteiger partial charge in [0.15, 0.2) is 11.0 Å². The monoisotopic (exact) mass is 372 g/mol. The molecule has 0 unspecified atom stereocenters. The first-order chi connectivity index (χ1) is 12.6. The quantitative estimate of drug-likeness (QED) is 0.780. The van der Waals surface area contributed by atoms with Crippen LogP contribution in [0.5, 0.6) is 0 Å². The minimum atomic E-state index is -0.189. The highest BCUT2D eigenvalue weighted by molar-refractivity contribution is 8.00. The third-order valence-electron chi connectivity index (χ3n) is 5.16. The van der Waals surface area contributed by atoms with Crippen LogP contribution >= 0.6 is 11.8 Å². The van der Waals surface area contributed by atoms with Gasteiger partial charge >= 0.3 is 0 Å². The molecule has 0 aliphatic heterocycles. The van der Waals surface area contributed by atoms with Crippen LogP contribution < -0.4 is 5.32 Å². The Labute approximate surface area is 160 Å². The summed E-state index contributed by atoms with van der Waals surface area (Å²) in [6.45, 7) is 4.80. The van der Waals surface area contributed by atoms with Gasteiger partial charge in [0, 0.05) is 19.2 Å². The Bertz CT molecular complexity index is 752. The number of rotatable bonds is 6. The first-order valence-corrected chi connectivity index (χ1v) is 10.3. The average molecular weight is 373 g/mol. The summed E-state index contributed by atoms with van der Waals surface area (Å²) in [7, 11) is 1.96. The molecule has 5 nitrogen and oxygen atoms in total. The fourth-order valence-corrected chi connectivity index (χ4v) is 4.31. The van der Waals surface area contributed by atoms with Crippen molar-refractivity contribution in [2.75, 3.05) is 6.54 Å². The standard InChI is InChI=1S/C20H28N4OS/c1-14-9-7-8-12-17(14)18-22-23-20(24(18)3)26-15(2)19(25)21-13-16-10-5-4-6-11-16/h7-9,12,15-16H,4-6,10-11,13H2,1-3H3,(H,21,25)/t15-/m1/s1. The summed E-state index contributed by atoms with van der Waals surface area (Å²) in [6.07, 6.45) is 6.42. The van der Waals surface area contributed by atoms with Gasteiger partial charge in [-0.3, -0.25) is 4.79 Å². The Morgan fingerprint density at radius 2 is 2.00 bits per heavy atom. The fraction of sp³-hybridized carbons (Fsp3) is 0.550. The number of hydrogen-bond donors (Lipinski definition) is 1. The molecule has 1 amide bonds. The maximum absolute atomic E-state index is 12.4. The van der Waals surface area contributed by atoms with Gasteiger partial charge in [0.2, 0.25) is 5.91 Å². The van der Waals surface area contributed by atoms with E-state index in [-0.39, 0.29) is 11.2 Å². The summed E-state index contributed by atoms with van der Waals surface area (Å²) in [4.78, 5) is 12.4. The summed E-state index contributed by atoms with van der Waals surface area (Å²) < 4.78 is 1.97. The number of amides is 1. The van der Waals surface area contributed by atoms with Crippen LogP contribution in [-0.4, -0.2) is 32.5 Å². The molecule has 0 spiro atoms. The molecule has 3 rings (SSSR count). The molecule has 1 atom stereocenters. The maximum atomic E-state index is 12.4. The van der Waals surface area contributed by atoms with E-state index < -0.39 is 0 Å². The smallest absolute Gasteiger partial charge is 0.233 e. The zero-order chi connectivity index (χ0) is 18.5. The fourth-order valence-electron chi connectivity index (χ4n) is 3.47. The van der Waals surface area contributed by atoms with E-state index in [1.807, 2.05) is 36.7 Å². The molecule has 0 radical (unpaired) electrons. The number of thioether (sulfide) groups is 1. The third kappa shape index (κ3) is 4.47. The van der Waals surface area contributed by atoms with Gasteiger partial charge in [-0.15, -0.1) is 10.2 Å². The van der Waals surface area contributed by atoms with Gasteiger partial charge in [0.25, 0.3) is 0 Å². The van der Waals surface area contributed by atoms with Crippen molar-refractivity contribution < 1.29 is 4.79 Å². The number of carbonyl (C=O) groups excluding carboxylic acids is 1. The van der Waals surface area contributed by atoms with Crippen molar-refractivity contribution in [2.45, 2.75) is 56.4 Å². The molecule has 140 valence electrons. The zero-order valence-electron chi connectivity index (χ0n) is 15.9. The van der Waals surface area contributed by atoms with Crippen LogP contribution in [0.15, 0.2) is 29.4 Å². The number of carbonyl (C=O) groups is 1. The number of hydrogen-bond acceptors (Lipinski definition) is 4. The number of nitrogens with zero attached hydrogens (tertiary/aromatic N) is 3. The van der Waals surface area contributed by atoms with E-state index >= 15 is 0 Å². The predicted octanol–water partition coefficient (Wildman–Crippen LogP) is 3.97. The normalized spacial score (nSPS) is 16.4. The van der Waals surface area contributed by atoms with Gasteiger partial charge in [-0.1, -0.05) is 55.3 Å². The van der Waals surface area contributed by atoms with E-state index in [1.165, 1.54) is 43.9 Å². The molecule has 1 heterocycles. The van der Waals surface area contributed by atoms with Crippen molar-refractivity contribution in [2.24, 2.45) is 13.0 Å². The summed E-state index contributed by atoms with van der Waals surface area (Å²) in [5, 5.41) is 12.3. The molecule has 0 saturated heterocycles. The molecule has 1 aromatic carbocycles. The molecule has 1 aliphatic rings. The number of aromatic nitrogens is 3. The van der Waals surface area contributed by atoms with E-state index in [2.05, 4.69) is 28.5 Å². The lowest BCUT2D eigenvalue weighted by molar-refractivity contribution is -0.120. The van der Waals surface area contributed by atoms with Gasteiger partial charge in [0.1, 0.15) is 0 Å². The van der Waals surface area contributed by atoms with Crippen molar-refractivity contribution >= 4 is 17.7 Å². The Kier molecular flexibility index (Phi) is 6.35. The van der Waals surface area contributed by atoms with Gasteiger partial charge in [-0.25, -0.2) is 0 Å². The van der Waals surface area contributed by atoms with Gasteiger partial charge < -0.3 is 9.88 Å². The minimum absolute atomic E-state index is 0.0843. The molecule has 1 saturated carbocycles. The van der Waals surface area contributed by atoms with Crippen LogP contribution in [0.3, 0.4) is 0 Å². The van der Waals surface area contributed by atoms with Crippen molar-refractivity contribution in [3.05, 3.63) is 29.8 Å². The van der Waals surface area contributed by atoms with Crippen LogP contribution in [0.1, 0.15) is 44.6 Å². The molecule has 1 fully saturated rings. The highest BCUT2D eigenvalue weighted by Crippen LogP contribution is 2.27. The van der Waals surface area contributed by atoms with E-state index in [1.54, 1.807) is 0 Å². The first kappa shape index (κ1) is 19.0. The highest BCUT2D eigenvalue weighted by Gasteiger charge is 2.21. The van der Waals surface area contributed by atoms with Crippen molar-refractivity contribution in [1.82, 2.24) is 20.1 Å². The second kappa shape index (κ2) is 8.71. The molecule has 2 aromatic rings. The van der Waals surface area contributed by atoms with Gasteiger partial charge in [0.05, 0.1) is 5.25 Å². The molecule has 0 bridgehead atoms. The van der Waals surface area contributed by atoms with Crippen LogP contribution in [-0.2, 0) is 11.8 Å².